The number of rotatable bonds is 12. The summed E-state index contributed by atoms with van der Waals surface area (Å²) in [4.78, 5) is 49.0. The molecule has 4 aromatic carbocycles. The fraction of sp³-hybridized carbons (Fsp3) is 0.111. The van der Waals surface area contributed by atoms with Crippen molar-refractivity contribution in [1.29, 1.82) is 0 Å². The van der Waals surface area contributed by atoms with Gasteiger partial charge in [-0.05, 0) is 92.6 Å². The first-order valence-electron chi connectivity index (χ1n) is 16.5. The SMILES string of the molecule is C=CC(=O)Oc1cc(-c2ccc(C#Cc3ccc(OC(=O)C(=C)C)cc3)cc2)c(OCCC)c(OC(=O)C=C)c1C#Cc1ccc(OC(=O)C(=C)C)cc1. The van der Waals surface area contributed by atoms with Gasteiger partial charge in [0.2, 0.25) is 0 Å². The predicted molar refractivity (Wildman–Crippen MR) is 205 cm³/mol. The lowest BCUT2D eigenvalue weighted by molar-refractivity contribution is -0.130. The number of ether oxygens (including phenoxy) is 5. The van der Waals surface area contributed by atoms with Gasteiger partial charge in [-0.3, -0.25) is 0 Å². The highest BCUT2D eigenvalue weighted by molar-refractivity contribution is 5.90. The lowest BCUT2D eigenvalue weighted by Gasteiger charge is -2.19. The van der Waals surface area contributed by atoms with Crippen LogP contribution in [-0.4, -0.2) is 30.5 Å². The highest BCUT2D eigenvalue weighted by Crippen LogP contribution is 2.46. The van der Waals surface area contributed by atoms with E-state index in [0.29, 0.717) is 51.3 Å². The van der Waals surface area contributed by atoms with E-state index in [2.05, 4.69) is 50.0 Å². The number of esters is 4. The van der Waals surface area contributed by atoms with Gasteiger partial charge in [-0.1, -0.05) is 69.1 Å². The Morgan fingerprint density at radius 2 is 1.06 bits per heavy atom. The van der Waals surface area contributed by atoms with Crippen LogP contribution in [0.2, 0.25) is 0 Å². The Hall–Kier alpha value is -7.36. The first kappa shape index (κ1) is 39.4. The monoisotopic (exact) mass is 720 g/mol. The molecule has 9 heteroatoms. The molecule has 0 aliphatic rings. The zero-order valence-corrected chi connectivity index (χ0v) is 30.1. The fourth-order valence-electron chi connectivity index (χ4n) is 4.38. The maximum absolute atomic E-state index is 12.7. The van der Waals surface area contributed by atoms with Crippen LogP contribution in [0.15, 0.2) is 128 Å². The Morgan fingerprint density at radius 1 is 0.611 bits per heavy atom. The van der Waals surface area contributed by atoms with E-state index in [0.717, 1.165) is 12.2 Å². The molecule has 54 heavy (non-hydrogen) atoms. The molecule has 0 aliphatic carbocycles. The lowest BCUT2D eigenvalue weighted by atomic mass is 9.99. The van der Waals surface area contributed by atoms with Crippen LogP contribution >= 0.6 is 0 Å². The first-order chi connectivity index (χ1) is 25.9. The minimum absolute atomic E-state index is 0.0219. The average molecular weight is 721 g/mol. The van der Waals surface area contributed by atoms with Gasteiger partial charge >= 0.3 is 23.9 Å². The molecule has 0 spiro atoms. The van der Waals surface area contributed by atoms with E-state index in [-0.39, 0.29) is 35.0 Å². The van der Waals surface area contributed by atoms with Crippen LogP contribution in [-0.2, 0) is 19.2 Å². The summed E-state index contributed by atoms with van der Waals surface area (Å²) in [7, 11) is 0. The van der Waals surface area contributed by atoms with Gasteiger partial charge in [0.05, 0.1) is 6.61 Å². The molecular weight excluding hydrogens is 684 g/mol. The van der Waals surface area contributed by atoms with E-state index in [9.17, 15) is 19.2 Å². The summed E-state index contributed by atoms with van der Waals surface area (Å²) >= 11 is 0. The topological polar surface area (TPSA) is 114 Å². The second kappa shape index (κ2) is 18.8. The standard InChI is InChI=1S/C45H36O9/c1-8-27-50-42-38(34-20-13-31(14-21-34)11-12-32-15-22-35(23-16-32)51-44(48)29(4)5)28-39(53-40(46)9-2)37(43(42)54-41(47)10-3)26-19-33-17-24-36(25-18-33)52-45(49)30(6)7/h9-10,13-18,20-25,28H,2-4,6,8,27H2,1,5,7H3. The van der Waals surface area contributed by atoms with Crippen molar-refractivity contribution in [2.75, 3.05) is 6.61 Å². The molecule has 0 saturated carbocycles. The zero-order chi connectivity index (χ0) is 39.2. The van der Waals surface area contributed by atoms with Crippen LogP contribution in [0.5, 0.6) is 28.7 Å². The van der Waals surface area contributed by atoms with Crippen LogP contribution in [0.3, 0.4) is 0 Å². The molecule has 0 fully saturated rings. The molecular formula is C45H36O9. The molecule has 0 radical (unpaired) electrons. The Bertz CT molecular complexity index is 2250. The van der Waals surface area contributed by atoms with Crippen molar-refractivity contribution < 1.29 is 42.9 Å². The van der Waals surface area contributed by atoms with E-state index in [4.69, 9.17) is 23.7 Å². The highest BCUT2D eigenvalue weighted by Gasteiger charge is 2.25. The summed E-state index contributed by atoms with van der Waals surface area (Å²) in [6, 6.07) is 21.9. The van der Waals surface area contributed by atoms with Crippen molar-refractivity contribution in [3.63, 3.8) is 0 Å². The minimum Gasteiger partial charge on any atom is -0.489 e. The molecule has 0 amide bonds. The summed E-state index contributed by atoms with van der Waals surface area (Å²) in [5.74, 6) is 10.2. The van der Waals surface area contributed by atoms with Crippen molar-refractivity contribution in [1.82, 2.24) is 0 Å². The molecule has 0 atom stereocenters. The van der Waals surface area contributed by atoms with Gasteiger partial charge in [-0.2, -0.15) is 0 Å². The van der Waals surface area contributed by atoms with Crippen molar-refractivity contribution in [3.8, 4) is 63.6 Å². The second-order valence-corrected chi connectivity index (χ2v) is 11.5. The number of hydrogen-bond donors (Lipinski definition) is 0. The minimum atomic E-state index is -0.797. The number of benzene rings is 4. The van der Waals surface area contributed by atoms with Gasteiger partial charge in [0, 0.05) is 45.6 Å². The molecule has 0 bridgehead atoms. The molecule has 4 rings (SSSR count). The van der Waals surface area contributed by atoms with Gasteiger partial charge in [-0.15, -0.1) is 0 Å². The third-order valence-corrected chi connectivity index (χ3v) is 7.10. The molecule has 0 heterocycles. The van der Waals surface area contributed by atoms with Crippen molar-refractivity contribution in [2.45, 2.75) is 27.2 Å². The van der Waals surface area contributed by atoms with Crippen LogP contribution in [0.4, 0.5) is 0 Å². The molecule has 0 saturated heterocycles. The number of carbonyl (C=O) groups is 4. The van der Waals surface area contributed by atoms with Gasteiger partial charge in [0.15, 0.2) is 17.2 Å². The van der Waals surface area contributed by atoms with Crippen LogP contribution in [0.25, 0.3) is 11.1 Å². The Morgan fingerprint density at radius 3 is 1.50 bits per heavy atom. The zero-order valence-electron chi connectivity index (χ0n) is 30.1. The first-order valence-corrected chi connectivity index (χ1v) is 16.5. The van der Waals surface area contributed by atoms with Gasteiger partial charge < -0.3 is 23.7 Å². The molecule has 0 N–H and O–H groups in total. The number of hydrogen-bond acceptors (Lipinski definition) is 9. The lowest BCUT2D eigenvalue weighted by Crippen LogP contribution is -2.11. The summed E-state index contributed by atoms with van der Waals surface area (Å²) in [5, 5.41) is 0. The van der Waals surface area contributed by atoms with E-state index in [1.54, 1.807) is 92.7 Å². The maximum Gasteiger partial charge on any atom is 0.338 e. The summed E-state index contributed by atoms with van der Waals surface area (Å²) in [6.07, 6.45) is 2.61. The Labute approximate surface area is 314 Å². The summed E-state index contributed by atoms with van der Waals surface area (Å²) in [6.45, 7) is 19.5. The smallest absolute Gasteiger partial charge is 0.338 e. The molecule has 0 aromatic heterocycles. The van der Waals surface area contributed by atoms with Gasteiger partial charge in [0.1, 0.15) is 17.1 Å². The third-order valence-electron chi connectivity index (χ3n) is 7.10. The molecule has 270 valence electrons. The third kappa shape index (κ3) is 10.8. The fourth-order valence-corrected chi connectivity index (χ4v) is 4.38. The van der Waals surface area contributed by atoms with Crippen LogP contribution < -0.4 is 23.7 Å². The van der Waals surface area contributed by atoms with Crippen LogP contribution in [0.1, 0.15) is 49.4 Å². The maximum atomic E-state index is 12.7. The Balaban J connectivity index is 1.78. The second-order valence-electron chi connectivity index (χ2n) is 11.5. The number of carbonyl (C=O) groups excluding carboxylic acids is 4. The van der Waals surface area contributed by atoms with E-state index in [1.165, 1.54) is 0 Å². The van der Waals surface area contributed by atoms with E-state index in [1.807, 2.05) is 6.92 Å². The highest BCUT2D eigenvalue weighted by atomic mass is 16.6. The van der Waals surface area contributed by atoms with E-state index >= 15 is 0 Å². The Kier molecular flexibility index (Phi) is 13.7. The van der Waals surface area contributed by atoms with Gasteiger partial charge in [0.25, 0.3) is 0 Å². The molecule has 0 unspecified atom stereocenters. The summed E-state index contributed by atoms with van der Waals surface area (Å²) < 4.78 is 28.1. The van der Waals surface area contributed by atoms with Crippen molar-refractivity contribution in [3.05, 3.63) is 151 Å². The predicted octanol–water partition coefficient (Wildman–Crippen LogP) is 8.09. The largest absolute Gasteiger partial charge is 0.489 e. The van der Waals surface area contributed by atoms with Crippen molar-refractivity contribution >= 4 is 23.9 Å². The average Bonchev–Trinajstić information content (AvgIpc) is 3.17. The molecule has 0 aliphatic heterocycles. The normalized spacial score (nSPS) is 9.83. The van der Waals surface area contributed by atoms with Crippen LogP contribution in [0, 0.1) is 23.7 Å². The van der Waals surface area contributed by atoms with Crippen molar-refractivity contribution in [2.24, 2.45) is 0 Å². The van der Waals surface area contributed by atoms with Gasteiger partial charge in [-0.25, -0.2) is 19.2 Å². The summed E-state index contributed by atoms with van der Waals surface area (Å²) in [5.41, 5.74) is 3.56. The molecule has 9 nitrogen and oxygen atoms in total. The van der Waals surface area contributed by atoms with E-state index < -0.39 is 23.9 Å². The quantitative estimate of drug-likeness (QED) is 0.0620. The molecule has 4 aromatic rings.